The van der Waals surface area contributed by atoms with Gasteiger partial charge in [0.05, 0.1) is 18.6 Å². The largest absolute Gasteiger partial charge is 0.462 e. The summed E-state index contributed by atoms with van der Waals surface area (Å²) in [6, 6.07) is 0. The fraction of sp³-hybridized carbons (Fsp3) is 0.750. The summed E-state index contributed by atoms with van der Waals surface area (Å²) in [5.74, 6) is -1.04. The smallest absolute Gasteiger partial charge is 0.302 e. The van der Waals surface area contributed by atoms with Gasteiger partial charge >= 0.3 is 5.97 Å². The Hall–Kier alpha value is -1.70. The van der Waals surface area contributed by atoms with Crippen LogP contribution in [-0.2, 0) is 28.6 Å². The molecule has 2 fully saturated rings. The van der Waals surface area contributed by atoms with Gasteiger partial charge in [-0.3, -0.25) is 14.4 Å². The highest BCUT2D eigenvalue weighted by molar-refractivity contribution is 6.30. The van der Waals surface area contributed by atoms with Gasteiger partial charge in [-0.2, -0.15) is 0 Å². The Bertz CT molecular complexity index is 812. The second-order valence-corrected chi connectivity index (χ2v) is 10.6. The van der Waals surface area contributed by atoms with Gasteiger partial charge < -0.3 is 19.1 Å². The molecule has 204 valence electrons. The number of Topliss-reactive ketones (excluding diaryl/α,β-unsaturated/α-hetero) is 1. The number of allylic oxidation sites excluding steroid dienone is 1. The maximum absolute atomic E-state index is 12.9. The number of ether oxygens (including phenoxy) is 3. The third-order valence-corrected chi connectivity index (χ3v) is 7.35. The number of nitrogens with zero attached hydrogens (tertiary/aromatic N) is 1. The van der Waals surface area contributed by atoms with Crippen LogP contribution in [0.3, 0.4) is 0 Å². The van der Waals surface area contributed by atoms with Crippen molar-refractivity contribution >= 4 is 29.3 Å². The predicted molar refractivity (Wildman–Crippen MR) is 141 cm³/mol. The van der Waals surface area contributed by atoms with Crippen LogP contribution in [-0.4, -0.2) is 67.2 Å². The topological polar surface area (TPSA) is 85.4 Å². The zero-order chi connectivity index (χ0) is 26.7. The number of methoxy groups -OCH3 is 1. The Labute approximate surface area is 221 Å². The van der Waals surface area contributed by atoms with Gasteiger partial charge in [0, 0.05) is 39.0 Å². The van der Waals surface area contributed by atoms with E-state index in [1.54, 1.807) is 32.1 Å². The lowest BCUT2D eigenvalue weighted by atomic mass is 9.78. The number of hydrogen-bond acceptors (Lipinski definition) is 6. The maximum Gasteiger partial charge on any atom is 0.302 e. The van der Waals surface area contributed by atoms with Gasteiger partial charge in [-0.15, -0.1) is 0 Å². The van der Waals surface area contributed by atoms with E-state index in [2.05, 4.69) is 13.0 Å². The van der Waals surface area contributed by atoms with Crippen molar-refractivity contribution in [2.24, 2.45) is 5.92 Å². The molecule has 0 aromatic rings. The van der Waals surface area contributed by atoms with E-state index < -0.39 is 23.6 Å². The lowest BCUT2D eigenvalue weighted by Crippen LogP contribution is -2.44. The second-order valence-electron chi connectivity index (χ2n) is 10.1. The number of esters is 1. The number of rotatable bonds is 16. The fourth-order valence-corrected chi connectivity index (χ4v) is 5.15. The highest BCUT2D eigenvalue weighted by Crippen LogP contribution is 2.50. The number of halogens is 1. The Morgan fingerprint density at radius 3 is 2.64 bits per heavy atom. The molecule has 1 saturated heterocycles. The van der Waals surface area contributed by atoms with Crippen molar-refractivity contribution in [2.45, 2.75) is 109 Å². The predicted octanol–water partition coefficient (Wildman–Crippen LogP) is 5.35. The third kappa shape index (κ3) is 9.00. The van der Waals surface area contributed by atoms with Gasteiger partial charge in [0.15, 0.2) is 11.4 Å². The minimum atomic E-state index is -1.06. The number of likely N-dealkylation sites (N-methyl/N-ethyl adjacent to an activating group) is 1. The van der Waals surface area contributed by atoms with Crippen molar-refractivity contribution in [2.75, 3.05) is 20.7 Å². The monoisotopic (exact) mass is 525 g/mol. The van der Waals surface area contributed by atoms with Gasteiger partial charge in [0.1, 0.15) is 12.2 Å². The molecule has 0 aromatic carbocycles. The van der Waals surface area contributed by atoms with Crippen molar-refractivity contribution in [3.8, 4) is 0 Å². The molecule has 0 spiro atoms. The molecule has 0 N–H and O–H groups in total. The highest BCUT2D eigenvalue weighted by Gasteiger charge is 2.66. The minimum absolute atomic E-state index is 0.0190. The zero-order valence-electron chi connectivity index (χ0n) is 22.6. The number of ketones is 1. The maximum atomic E-state index is 12.9. The molecule has 1 saturated carbocycles. The molecule has 1 aliphatic carbocycles. The summed E-state index contributed by atoms with van der Waals surface area (Å²) in [6.07, 6.45) is 14.9. The van der Waals surface area contributed by atoms with Gasteiger partial charge in [0.2, 0.25) is 5.91 Å². The van der Waals surface area contributed by atoms with E-state index in [9.17, 15) is 14.4 Å². The molecule has 5 atom stereocenters. The second kappa shape index (κ2) is 14.9. The Balaban J connectivity index is 1.73. The van der Waals surface area contributed by atoms with Gasteiger partial charge in [-0.1, -0.05) is 69.7 Å². The number of epoxide rings is 1. The molecule has 1 unspecified atom stereocenters. The van der Waals surface area contributed by atoms with E-state index in [1.165, 1.54) is 39.0 Å². The molecule has 2 rings (SSSR count). The first-order valence-corrected chi connectivity index (χ1v) is 13.7. The molecule has 1 aliphatic heterocycles. The average molecular weight is 526 g/mol. The van der Waals surface area contributed by atoms with Crippen molar-refractivity contribution < 1.29 is 28.6 Å². The van der Waals surface area contributed by atoms with Crippen molar-refractivity contribution in [1.82, 2.24) is 4.90 Å². The molecule has 1 amide bonds. The zero-order valence-corrected chi connectivity index (χ0v) is 23.4. The molecule has 1 heterocycles. The summed E-state index contributed by atoms with van der Waals surface area (Å²) >= 11 is 6.43. The Kier molecular flexibility index (Phi) is 12.6. The molecule has 0 radical (unpaired) electrons. The van der Waals surface area contributed by atoms with Crippen LogP contribution >= 0.6 is 11.6 Å². The first-order valence-electron chi connectivity index (χ1n) is 13.3. The van der Waals surface area contributed by atoms with Crippen molar-refractivity contribution in [3.63, 3.8) is 0 Å². The van der Waals surface area contributed by atoms with Crippen molar-refractivity contribution in [1.29, 1.82) is 0 Å². The van der Waals surface area contributed by atoms with Crippen LogP contribution in [0, 0.1) is 5.92 Å². The lowest BCUT2D eigenvalue weighted by Gasteiger charge is -2.28. The van der Waals surface area contributed by atoms with Crippen LogP contribution in [0.25, 0.3) is 0 Å². The summed E-state index contributed by atoms with van der Waals surface area (Å²) < 4.78 is 16.5. The molecular weight excluding hydrogens is 482 g/mol. The third-order valence-electron chi connectivity index (χ3n) is 7.12. The number of amides is 1. The SMILES string of the molecule is CCCCCCCC(C/C=C/CCC(=O)N(C)C/C(Cl)=C/[C@@]12O[C@@H]1C[C@H](OC(C)=O)[C@H](C)C2=O)OC. The standard InChI is InChI=1S/C28H44ClNO6/c1-6-7-8-9-11-14-23(34-5)15-12-10-13-16-26(32)30(4)19-22(29)18-28-25(36-28)17-24(35-21(3)31)20(2)27(28)33/h10,12,18,20,23-25H,6-9,11,13-17,19H2,1-5H3/b12-10+,22-18-/t20-,23?,24-,25+,28+/m0/s1. The van der Waals surface area contributed by atoms with E-state index >= 15 is 0 Å². The van der Waals surface area contributed by atoms with Gasteiger partial charge in [-0.05, 0) is 25.3 Å². The van der Waals surface area contributed by atoms with Crippen LogP contribution in [0.4, 0.5) is 0 Å². The average Bonchev–Trinajstić information content (AvgIpc) is 3.53. The summed E-state index contributed by atoms with van der Waals surface area (Å²) in [5, 5.41) is 0.386. The highest BCUT2D eigenvalue weighted by atomic mass is 35.5. The van der Waals surface area contributed by atoms with Crippen LogP contribution in [0.1, 0.15) is 85.0 Å². The molecule has 0 aromatic heterocycles. The first-order chi connectivity index (χ1) is 17.1. The van der Waals surface area contributed by atoms with E-state index in [0.717, 1.165) is 12.8 Å². The Morgan fingerprint density at radius 2 is 1.97 bits per heavy atom. The van der Waals surface area contributed by atoms with Gasteiger partial charge in [0.25, 0.3) is 0 Å². The normalized spacial score (nSPS) is 26.6. The number of unbranched alkanes of at least 4 members (excludes halogenated alkanes) is 4. The number of carbonyl (C=O) groups excluding carboxylic acids is 3. The molecule has 8 heteroatoms. The van der Waals surface area contributed by atoms with Crippen LogP contribution < -0.4 is 0 Å². The first kappa shape index (κ1) is 30.5. The molecule has 0 bridgehead atoms. The summed E-state index contributed by atoms with van der Waals surface area (Å²) in [6.45, 7) is 5.50. The number of carbonyl (C=O) groups is 3. The van der Waals surface area contributed by atoms with E-state index in [0.29, 0.717) is 24.3 Å². The minimum Gasteiger partial charge on any atom is -0.462 e. The van der Waals surface area contributed by atoms with Crippen LogP contribution in [0.15, 0.2) is 23.3 Å². The molecular formula is C28H44ClNO6. The summed E-state index contributed by atoms with van der Waals surface area (Å²) in [7, 11) is 3.46. The molecule has 7 nitrogen and oxygen atoms in total. The van der Waals surface area contributed by atoms with E-state index in [-0.39, 0.29) is 30.4 Å². The quantitative estimate of drug-likeness (QED) is 0.117. The summed E-state index contributed by atoms with van der Waals surface area (Å²) in [4.78, 5) is 38.3. The number of fused-ring (bicyclic) bond motifs is 1. The van der Waals surface area contributed by atoms with E-state index in [4.69, 9.17) is 25.8 Å². The Morgan fingerprint density at radius 1 is 1.25 bits per heavy atom. The summed E-state index contributed by atoms with van der Waals surface area (Å²) in [5.41, 5.74) is -1.06. The molecule has 2 aliphatic rings. The van der Waals surface area contributed by atoms with E-state index in [1.807, 2.05) is 6.08 Å². The van der Waals surface area contributed by atoms with Gasteiger partial charge in [-0.25, -0.2) is 0 Å². The number of hydrogen-bond donors (Lipinski definition) is 0. The fourth-order valence-electron chi connectivity index (χ4n) is 4.81. The van der Waals surface area contributed by atoms with Crippen LogP contribution in [0.5, 0.6) is 0 Å². The molecule has 36 heavy (non-hydrogen) atoms. The lowest BCUT2D eigenvalue weighted by molar-refractivity contribution is -0.152. The van der Waals surface area contributed by atoms with Crippen LogP contribution in [0.2, 0.25) is 0 Å². The van der Waals surface area contributed by atoms with Crippen molar-refractivity contribution in [3.05, 3.63) is 23.3 Å².